The Morgan fingerprint density at radius 3 is 2.69 bits per heavy atom. The number of rotatable bonds is 5. The van der Waals surface area contributed by atoms with Crippen LogP contribution in [0.3, 0.4) is 0 Å². The second-order valence-electron chi connectivity index (χ2n) is 10.3. The molecular weight excluding hydrogens is 452 g/mol. The number of nitrogens with zero attached hydrogens (tertiary/aromatic N) is 2. The molecule has 6 heteroatoms. The smallest absolute Gasteiger partial charge is 0.251 e. The number of fused-ring (bicyclic) bond motifs is 3. The van der Waals surface area contributed by atoms with Crippen molar-refractivity contribution in [1.29, 1.82) is 0 Å². The summed E-state index contributed by atoms with van der Waals surface area (Å²) in [4.78, 5) is 25.4. The molecule has 6 rings (SSSR count). The fraction of sp³-hybridized carbons (Fsp3) is 0.379. The Balaban J connectivity index is 1.49. The van der Waals surface area contributed by atoms with Crippen LogP contribution in [0.4, 0.5) is 0 Å². The topological polar surface area (TPSA) is 61.0 Å². The van der Waals surface area contributed by atoms with Crippen LogP contribution in [0.25, 0.3) is 33.1 Å². The second kappa shape index (κ2) is 8.99. The van der Waals surface area contributed by atoms with Crippen molar-refractivity contribution in [3.63, 3.8) is 0 Å². The molecule has 0 bridgehead atoms. The van der Waals surface area contributed by atoms with E-state index in [4.69, 9.17) is 0 Å². The molecule has 4 aromatic rings. The molecule has 0 unspecified atom stereocenters. The van der Waals surface area contributed by atoms with Crippen LogP contribution in [-0.2, 0) is 0 Å². The van der Waals surface area contributed by atoms with E-state index in [9.17, 15) is 4.79 Å². The maximum atomic E-state index is 13.6. The first-order valence-electron chi connectivity index (χ1n) is 12.6. The number of thioether (sulfide) groups is 1. The fourth-order valence-electron chi connectivity index (χ4n) is 5.19. The van der Waals surface area contributed by atoms with Crippen molar-refractivity contribution in [3.8, 4) is 11.1 Å². The molecule has 1 amide bonds. The molecule has 3 heterocycles. The molecule has 1 aliphatic carbocycles. The van der Waals surface area contributed by atoms with Crippen molar-refractivity contribution in [2.24, 2.45) is 0 Å². The first kappa shape index (κ1) is 22.6. The number of H-pyrrole nitrogens is 1. The quantitative estimate of drug-likeness (QED) is 0.360. The number of pyridine rings is 1. The van der Waals surface area contributed by atoms with E-state index >= 15 is 0 Å². The Labute approximate surface area is 210 Å². The Hall–Kier alpha value is -2.83. The van der Waals surface area contributed by atoms with Gasteiger partial charge in [-0.1, -0.05) is 12.1 Å². The number of aromatic nitrogens is 2. The first-order chi connectivity index (χ1) is 17.0. The highest BCUT2D eigenvalue weighted by molar-refractivity contribution is 8.00. The minimum atomic E-state index is 0.0199. The van der Waals surface area contributed by atoms with Gasteiger partial charge in [-0.25, -0.2) is 4.98 Å². The third-order valence-corrected chi connectivity index (χ3v) is 8.73. The van der Waals surface area contributed by atoms with E-state index in [1.807, 2.05) is 18.0 Å². The van der Waals surface area contributed by atoms with Gasteiger partial charge < -0.3 is 15.2 Å². The van der Waals surface area contributed by atoms with E-state index in [1.165, 1.54) is 17.7 Å². The molecule has 35 heavy (non-hydrogen) atoms. The van der Waals surface area contributed by atoms with Crippen LogP contribution in [-0.4, -0.2) is 52.2 Å². The van der Waals surface area contributed by atoms with Gasteiger partial charge in [0.15, 0.2) is 0 Å². The second-order valence-corrected chi connectivity index (χ2v) is 11.7. The van der Waals surface area contributed by atoms with Gasteiger partial charge in [-0.15, -0.1) is 11.8 Å². The summed E-state index contributed by atoms with van der Waals surface area (Å²) in [5, 5.41) is 6.34. The van der Waals surface area contributed by atoms with Gasteiger partial charge in [-0.3, -0.25) is 4.79 Å². The fourth-order valence-corrected chi connectivity index (χ4v) is 6.30. The molecule has 0 radical (unpaired) electrons. The van der Waals surface area contributed by atoms with Gasteiger partial charge in [0.05, 0.1) is 5.52 Å². The van der Waals surface area contributed by atoms with E-state index < -0.39 is 0 Å². The zero-order chi connectivity index (χ0) is 24.1. The maximum absolute atomic E-state index is 13.6. The van der Waals surface area contributed by atoms with Crippen LogP contribution < -0.4 is 5.32 Å². The van der Waals surface area contributed by atoms with E-state index in [2.05, 4.69) is 77.5 Å². The van der Waals surface area contributed by atoms with Crippen LogP contribution in [0.15, 0.2) is 47.5 Å². The summed E-state index contributed by atoms with van der Waals surface area (Å²) in [6, 6.07) is 13.3. The molecule has 2 aromatic carbocycles. The SMILES string of the molecule is Cc1cnc2[nH]c3c(C)c(C(=O)NC4CCN(C)CC4)cc(-c4cccc(SC5CC5)c4)c3c2c1. The molecule has 0 spiro atoms. The number of benzene rings is 2. The summed E-state index contributed by atoms with van der Waals surface area (Å²) in [6.07, 6.45) is 6.49. The van der Waals surface area contributed by atoms with Gasteiger partial charge in [0.2, 0.25) is 0 Å². The third-order valence-electron chi connectivity index (χ3n) is 7.39. The maximum Gasteiger partial charge on any atom is 0.251 e. The average Bonchev–Trinajstić information content (AvgIpc) is 3.58. The minimum Gasteiger partial charge on any atom is -0.349 e. The predicted molar refractivity (Wildman–Crippen MR) is 145 cm³/mol. The number of aromatic amines is 1. The van der Waals surface area contributed by atoms with Crippen LogP contribution in [0.5, 0.6) is 0 Å². The van der Waals surface area contributed by atoms with E-state index in [-0.39, 0.29) is 11.9 Å². The number of amides is 1. The van der Waals surface area contributed by atoms with E-state index in [0.717, 1.165) is 80.9 Å². The predicted octanol–water partition coefficient (Wildman–Crippen LogP) is 6.08. The van der Waals surface area contributed by atoms with Crippen LogP contribution >= 0.6 is 11.8 Å². The highest BCUT2D eigenvalue weighted by Crippen LogP contribution is 2.42. The lowest BCUT2D eigenvalue weighted by atomic mass is 9.93. The van der Waals surface area contributed by atoms with Crippen LogP contribution in [0.1, 0.15) is 47.2 Å². The largest absolute Gasteiger partial charge is 0.349 e. The molecule has 0 atom stereocenters. The molecule has 2 aromatic heterocycles. The van der Waals surface area contributed by atoms with Crippen molar-refractivity contribution >= 4 is 39.6 Å². The van der Waals surface area contributed by atoms with Gasteiger partial charge in [0.25, 0.3) is 5.91 Å². The van der Waals surface area contributed by atoms with Crippen molar-refractivity contribution in [2.75, 3.05) is 20.1 Å². The normalized spacial score (nSPS) is 17.3. The molecular formula is C29H32N4OS. The number of likely N-dealkylation sites (tertiary alicyclic amines) is 1. The summed E-state index contributed by atoms with van der Waals surface area (Å²) >= 11 is 1.97. The zero-order valence-electron chi connectivity index (χ0n) is 20.6. The molecule has 1 aliphatic heterocycles. The van der Waals surface area contributed by atoms with Crippen LogP contribution in [0, 0.1) is 13.8 Å². The number of aryl methyl sites for hydroxylation is 2. The highest BCUT2D eigenvalue weighted by atomic mass is 32.2. The molecule has 2 aliphatic rings. The summed E-state index contributed by atoms with van der Waals surface area (Å²) in [5.41, 5.74) is 6.97. The van der Waals surface area contributed by atoms with Gasteiger partial charge >= 0.3 is 0 Å². The molecule has 180 valence electrons. The number of carbonyl (C=O) groups excluding carboxylic acids is 1. The molecule has 2 N–H and O–H groups in total. The Morgan fingerprint density at radius 2 is 1.91 bits per heavy atom. The number of nitrogens with one attached hydrogen (secondary N) is 2. The van der Waals surface area contributed by atoms with Crippen molar-refractivity contribution < 1.29 is 4.79 Å². The van der Waals surface area contributed by atoms with E-state index in [0.29, 0.717) is 0 Å². The monoisotopic (exact) mass is 484 g/mol. The first-order valence-corrected chi connectivity index (χ1v) is 13.5. The molecule has 5 nitrogen and oxygen atoms in total. The van der Waals surface area contributed by atoms with Gasteiger partial charge in [-0.05, 0) is 106 Å². The highest BCUT2D eigenvalue weighted by Gasteiger charge is 2.25. The molecule has 1 saturated carbocycles. The minimum absolute atomic E-state index is 0.0199. The number of hydrogen-bond donors (Lipinski definition) is 2. The lowest BCUT2D eigenvalue weighted by Crippen LogP contribution is -2.43. The number of carbonyl (C=O) groups is 1. The molecule has 1 saturated heterocycles. The lowest BCUT2D eigenvalue weighted by Gasteiger charge is -2.29. The summed E-state index contributed by atoms with van der Waals surface area (Å²) in [6.45, 7) is 6.17. The Bertz CT molecular complexity index is 1430. The summed E-state index contributed by atoms with van der Waals surface area (Å²) in [5.74, 6) is 0.0199. The van der Waals surface area contributed by atoms with Crippen molar-refractivity contribution in [2.45, 2.75) is 55.7 Å². The van der Waals surface area contributed by atoms with Gasteiger partial charge in [0, 0.05) is 38.7 Å². The Morgan fingerprint density at radius 1 is 1.11 bits per heavy atom. The molecule has 2 fully saturated rings. The number of hydrogen-bond acceptors (Lipinski definition) is 4. The van der Waals surface area contributed by atoms with Gasteiger partial charge in [-0.2, -0.15) is 0 Å². The van der Waals surface area contributed by atoms with E-state index in [1.54, 1.807) is 0 Å². The zero-order valence-corrected chi connectivity index (χ0v) is 21.5. The average molecular weight is 485 g/mol. The summed E-state index contributed by atoms with van der Waals surface area (Å²) in [7, 11) is 2.14. The Kier molecular flexibility index (Phi) is 5.81. The van der Waals surface area contributed by atoms with Crippen LogP contribution in [0.2, 0.25) is 0 Å². The standard InChI is InChI=1S/C29H32N4OS/c1-17-13-25-26-24(19-5-4-6-22(14-19)35-21-7-8-21)15-23(18(2)27(26)32-28(25)30-16-17)29(34)31-20-9-11-33(3)12-10-20/h4-6,13-16,20-21H,7-12H2,1-3H3,(H,30,32)(H,31,34). The summed E-state index contributed by atoms with van der Waals surface area (Å²) < 4.78 is 0. The van der Waals surface area contributed by atoms with Gasteiger partial charge in [0.1, 0.15) is 5.65 Å². The lowest BCUT2D eigenvalue weighted by molar-refractivity contribution is 0.0916. The third kappa shape index (κ3) is 4.45. The van der Waals surface area contributed by atoms with Crippen molar-refractivity contribution in [3.05, 3.63) is 59.3 Å². The van der Waals surface area contributed by atoms with Crippen molar-refractivity contribution in [1.82, 2.24) is 20.2 Å². The number of piperidine rings is 1.